The smallest absolute Gasteiger partial charge is 0.326 e. The molecule has 5 rings (SSSR count). The molecule has 2 fully saturated rings. The molecule has 148 valence electrons. The largest absolute Gasteiger partial charge is 0.367 e. The first kappa shape index (κ1) is 17.7. The summed E-state index contributed by atoms with van der Waals surface area (Å²) in [6.07, 6.45) is 5.32. The predicted molar refractivity (Wildman–Crippen MR) is 109 cm³/mol. The van der Waals surface area contributed by atoms with Crippen LogP contribution in [0.1, 0.15) is 24.0 Å². The number of carbonyl (C=O) groups excluding carboxylic acids is 2. The summed E-state index contributed by atoms with van der Waals surface area (Å²) in [5.74, 6) is 0.848. The molecule has 0 radical (unpaired) electrons. The van der Waals surface area contributed by atoms with Crippen LogP contribution >= 0.6 is 0 Å². The fourth-order valence-corrected chi connectivity index (χ4v) is 3.10. The topological polar surface area (TPSA) is 136 Å². The highest BCUT2D eigenvalue weighted by molar-refractivity contribution is 6.14. The third kappa shape index (κ3) is 3.40. The summed E-state index contributed by atoms with van der Waals surface area (Å²) in [5, 5.41) is 24.7. The maximum atomic E-state index is 11.9. The molecule has 10 heteroatoms. The number of rotatable bonds is 5. The Hall–Kier alpha value is -4.39. The molecule has 2 aromatic heterocycles. The van der Waals surface area contributed by atoms with Crippen LogP contribution in [0.4, 0.5) is 22.1 Å². The lowest BCUT2D eigenvalue weighted by Crippen LogP contribution is -2.22. The minimum atomic E-state index is -0.560. The number of anilines is 3. The summed E-state index contributed by atoms with van der Waals surface area (Å²) in [4.78, 5) is 27.9. The number of benzene rings is 1. The molecule has 1 aliphatic carbocycles. The molecule has 4 N–H and O–H groups in total. The van der Waals surface area contributed by atoms with E-state index < -0.39 is 11.9 Å². The van der Waals surface area contributed by atoms with Gasteiger partial charge in [0.25, 0.3) is 5.91 Å². The number of amides is 3. The lowest BCUT2D eigenvalue weighted by molar-refractivity contribution is -0.115. The van der Waals surface area contributed by atoms with Gasteiger partial charge in [-0.1, -0.05) is 0 Å². The fraction of sp³-hybridized carbons (Fsp3) is 0.150. The van der Waals surface area contributed by atoms with Crippen LogP contribution in [-0.4, -0.2) is 32.6 Å². The van der Waals surface area contributed by atoms with E-state index in [2.05, 4.69) is 37.4 Å². The molecule has 0 unspecified atom stereocenters. The Kier molecular flexibility index (Phi) is 4.07. The van der Waals surface area contributed by atoms with Crippen molar-refractivity contribution in [2.75, 3.05) is 10.6 Å². The lowest BCUT2D eigenvalue weighted by Gasteiger charge is -2.11. The Morgan fingerprint density at radius 2 is 2.00 bits per heavy atom. The molecule has 10 nitrogen and oxygen atoms in total. The molecule has 1 saturated carbocycles. The summed E-state index contributed by atoms with van der Waals surface area (Å²) >= 11 is 0. The van der Waals surface area contributed by atoms with Gasteiger partial charge in [0.1, 0.15) is 17.3 Å². The van der Waals surface area contributed by atoms with Crippen LogP contribution in [0.15, 0.2) is 42.2 Å². The van der Waals surface area contributed by atoms with E-state index in [1.165, 1.54) is 0 Å². The van der Waals surface area contributed by atoms with Crippen molar-refractivity contribution in [2.24, 2.45) is 0 Å². The van der Waals surface area contributed by atoms with E-state index in [4.69, 9.17) is 5.26 Å². The number of nitrogens with zero attached hydrogens (tertiary/aromatic N) is 4. The third-order valence-electron chi connectivity index (χ3n) is 4.73. The SMILES string of the molecule is N#Cc1ccc(Nc2cc(NC3CC3)n3ncc(/C=C4\NC(=O)NC4=O)c3n2)cc1. The van der Waals surface area contributed by atoms with E-state index in [0.29, 0.717) is 28.6 Å². The second-order valence-electron chi connectivity index (χ2n) is 7.06. The summed E-state index contributed by atoms with van der Waals surface area (Å²) in [7, 11) is 0. The van der Waals surface area contributed by atoms with Gasteiger partial charge in [-0.3, -0.25) is 10.1 Å². The Balaban J connectivity index is 1.55. The summed E-state index contributed by atoms with van der Waals surface area (Å²) < 4.78 is 1.67. The van der Waals surface area contributed by atoms with Crippen LogP contribution in [0, 0.1) is 11.3 Å². The number of hydrogen-bond acceptors (Lipinski definition) is 7. The zero-order valence-corrected chi connectivity index (χ0v) is 15.6. The van der Waals surface area contributed by atoms with Crippen LogP contribution in [0.3, 0.4) is 0 Å². The third-order valence-corrected chi connectivity index (χ3v) is 4.73. The van der Waals surface area contributed by atoms with Crippen LogP contribution in [0.2, 0.25) is 0 Å². The fourth-order valence-electron chi connectivity index (χ4n) is 3.10. The van der Waals surface area contributed by atoms with Gasteiger partial charge in [0.05, 0.1) is 17.8 Å². The van der Waals surface area contributed by atoms with Gasteiger partial charge in [0.2, 0.25) is 0 Å². The molecule has 0 atom stereocenters. The zero-order chi connectivity index (χ0) is 20.7. The Labute approximate surface area is 170 Å². The summed E-state index contributed by atoms with van der Waals surface area (Å²) in [5.41, 5.74) is 2.61. The van der Waals surface area contributed by atoms with Crippen molar-refractivity contribution in [3.05, 3.63) is 53.4 Å². The van der Waals surface area contributed by atoms with E-state index in [9.17, 15) is 9.59 Å². The number of hydrogen-bond donors (Lipinski definition) is 4. The van der Waals surface area contributed by atoms with Gasteiger partial charge >= 0.3 is 6.03 Å². The van der Waals surface area contributed by atoms with Crippen molar-refractivity contribution in [3.63, 3.8) is 0 Å². The van der Waals surface area contributed by atoms with Crippen molar-refractivity contribution in [3.8, 4) is 6.07 Å². The first-order chi connectivity index (χ1) is 14.6. The quantitative estimate of drug-likeness (QED) is 0.380. The van der Waals surface area contributed by atoms with Gasteiger partial charge in [0.15, 0.2) is 5.65 Å². The molecular weight excluding hydrogens is 384 g/mol. The average molecular weight is 400 g/mol. The number of aromatic nitrogens is 3. The van der Waals surface area contributed by atoms with Crippen molar-refractivity contribution in [1.82, 2.24) is 25.2 Å². The van der Waals surface area contributed by atoms with Crippen molar-refractivity contribution in [1.29, 1.82) is 5.26 Å². The van der Waals surface area contributed by atoms with Crippen molar-refractivity contribution < 1.29 is 9.59 Å². The van der Waals surface area contributed by atoms with E-state index in [0.717, 1.165) is 24.3 Å². The molecule has 3 aromatic rings. The molecule has 2 aliphatic rings. The van der Waals surface area contributed by atoms with Gasteiger partial charge in [-0.05, 0) is 43.2 Å². The molecule has 3 amide bonds. The summed E-state index contributed by atoms with van der Waals surface area (Å²) in [6, 6.07) is 10.8. The minimum Gasteiger partial charge on any atom is -0.367 e. The number of imide groups is 1. The van der Waals surface area contributed by atoms with E-state index in [-0.39, 0.29) is 5.70 Å². The van der Waals surface area contributed by atoms with Gasteiger partial charge in [0, 0.05) is 23.4 Å². The van der Waals surface area contributed by atoms with E-state index in [1.807, 2.05) is 6.07 Å². The van der Waals surface area contributed by atoms with Crippen LogP contribution in [0.5, 0.6) is 0 Å². The monoisotopic (exact) mass is 400 g/mol. The number of nitriles is 1. The minimum absolute atomic E-state index is 0.138. The molecule has 1 aliphatic heterocycles. The Bertz CT molecular complexity index is 1250. The van der Waals surface area contributed by atoms with Crippen molar-refractivity contribution in [2.45, 2.75) is 18.9 Å². The van der Waals surface area contributed by atoms with Crippen LogP contribution < -0.4 is 21.3 Å². The zero-order valence-electron chi connectivity index (χ0n) is 15.6. The normalized spacial score (nSPS) is 17.0. The molecule has 0 spiro atoms. The Morgan fingerprint density at radius 1 is 1.20 bits per heavy atom. The predicted octanol–water partition coefficient (Wildman–Crippen LogP) is 2.10. The molecule has 1 aromatic carbocycles. The van der Waals surface area contributed by atoms with Gasteiger partial charge in [-0.15, -0.1) is 0 Å². The highest BCUT2D eigenvalue weighted by atomic mass is 16.2. The highest BCUT2D eigenvalue weighted by Crippen LogP contribution is 2.28. The maximum Gasteiger partial charge on any atom is 0.326 e. The molecule has 30 heavy (non-hydrogen) atoms. The number of carbonyl (C=O) groups is 2. The van der Waals surface area contributed by atoms with Crippen LogP contribution in [-0.2, 0) is 4.79 Å². The number of nitrogens with one attached hydrogen (secondary N) is 4. The first-order valence-corrected chi connectivity index (χ1v) is 9.35. The van der Waals surface area contributed by atoms with Crippen LogP contribution in [0.25, 0.3) is 11.7 Å². The van der Waals surface area contributed by atoms with Gasteiger partial charge in [-0.2, -0.15) is 14.9 Å². The van der Waals surface area contributed by atoms with Gasteiger partial charge in [-0.25, -0.2) is 9.78 Å². The highest BCUT2D eigenvalue weighted by Gasteiger charge is 2.25. The molecular formula is C20H16N8O2. The molecule has 0 bridgehead atoms. The number of urea groups is 1. The van der Waals surface area contributed by atoms with Gasteiger partial charge < -0.3 is 16.0 Å². The standard InChI is InChI=1S/C20H16N8O2/c21-9-11-1-3-13(4-2-11)23-16-8-17(24-14-5-6-14)28-18(26-16)12(10-22-28)7-15-19(29)27-20(30)25-15/h1-4,7-8,10,14,24H,5-6H2,(H,23,26)(H2,25,27,29,30)/b15-7-. The molecule has 3 heterocycles. The first-order valence-electron chi connectivity index (χ1n) is 9.35. The van der Waals surface area contributed by atoms with E-state index >= 15 is 0 Å². The summed E-state index contributed by atoms with van der Waals surface area (Å²) in [6.45, 7) is 0. The maximum absolute atomic E-state index is 11.9. The Morgan fingerprint density at radius 3 is 2.67 bits per heavy atom. The average Bonchev–Trinajstić information content (AvgIpc) is 3.37. The molecule has 1 saturated heterocycles. The lowest BCUT2D eigenvalue weighted by atomic mass is 10.2. The second-order valence-corrected chi connectivity index (χ2v) is 7.06. The van der Waals surface area contributed by atoms with Crippen molar-refractivity contribution >= 4 is 41.0 Å². The number of fused-ring (bicyclic) bond motifs is 1. The van der Waals surface area contributed by atoms with E-state index in [1.54, 1.807) is 41.1 Å². The second kappa shape index (κ2) is 6.89.